The first-order valence-corrected chi connectivity index (χ1v) is 5.35. The van der Waals surface area contributed by atoms with E-state index >= 15 is 0 Å². The topological polar surface area (TPSA) is 47.2 Å². The Balaban J connectivity index is 2.73. The van der Waals surface area contributed by atoms with Gasteiger partial charge in [0, 0.05) is 18.1 Å². The van der Waals surface area contributed by atoms with Crippen LogP contribution < -0.4 is 11.1 Å². The Kier molecular flexibility index (Phi) is 2.67. The molecule has 2 rings (SSSR count). The second kappa shape index (κ2) is 3.83. The first kappa shape index (κ1) is 10.4. The number of nitrogens with zero attached hydrogens (tertiary/aromatic N) is 1. The van der Waals surface area contributed by atoms with E-state index in [9.17, 15) is 4.79 Å². The van der Waals surface area contributed by atoms with Crippen LogP contribution in [0, 0.1) is 0 Å². The van der Waals surface area contributed by atoms with Crippen LogP contribution in [-0.2, 0) is 13.6 Å². The molecule has 1 N–H and O–H groups in total. The Labute approximate surface area is 95.0 Å². The molecular formula is C10H11BrN2O2. The van der Waals surface area contributed by atoms with Crippen molar-refractivity contribution in [2.45, 2.75) is 6.54 Å². The molecule has 0 fully saturated rings. The Morgan fingerprint density at radius 1 is 1.53 bits per heavy atom. The van der Waals surface area contributed by atoms with Gasteiger partial charge in [-0.15, -0.1) is 0 Å². The fourth-order valence-corrected chi connectivity index (χ4v) is 2.35. The van der Waals surface area contributed by atoms with Crippen LogP contribution in [0.1, 0.15) is 5.56 Å². The van der Waals surface area contributed by atoms with Crippen molar-refractivity contribution in [1.82, 2.24) is 9.88 Å². The number of hydrogen-bond acceptors (Lipinski definition) is 3. The predicted molar refractivity (Wildman–Crippen MR) is 61.9 cm³/mol. The van der Waals surface area contributed by atoms with Gasteiger partial charge in [0.1, 0.15) is 5.52 Å². The van der Waals surface area contributed by atoms with E-state index in [2.05, 4.69) is 21.2 Å². The Morgan fingerprint density at radius 3 is 2.93 bits per heavy atom. The first-order chi connectivity index (χ1) is 7.13. The van der Waals surface area contributed by atoms with Crippen LogP contribution in [-0.4, -0.2) is 11.6 Å². The fourth-order valence-electron chi connectivity index (χ4n) is 1.59. The van der Waals surface area contributed by atoms with E-state index in [1.807, 2.05) is 19.2 Å². The van der Waals surface area contributed by atoms with Gasteiger partial charge in [-0.1, -0.05) is 0 Å². The SMILES string of the molecule is CNCc1cc(Br)c2c(c1)oc(=O)n2C. The molecule has 0 aliphatic carbocycles. The lowest BCUT2D eigenvalue weighted by atomic mass is 10.2. The van der Waals surface area contributed by atoms with Crippen LogP contribution in [0.15, 0.2) is 25.8 Å². The third-order valence-corrected chi connectivity index (χ3v) is 2.88. The van der Waals surface area contributed by atoms with Gasteiger partial charge < -0.3 is 9.73 Å². The minimum absolute atomic E-state index is 0.340. The first-order valence-electron chi connectivity index (χ1n) is 4.56. The third kappa shape index (κ3) is 1.72. The van der Waals surface area contributed by atoms with Crippen molar-refractivity contribution >= 4 is 27.0 Å². The molecule has 4 nitrogen and oxygen atoms in total. The number of aryl methyl sites for hydroxylation is 1. The summed E-state index contributed by atoms with van der Waals surface area (Å²) in [6, 6.07) is 3.85. The molecule has 2 aromatic rings. The summed E-state index contributed by atoms with van der Waals surface area (Å²) < 4.78 is 7.48. The Morgan fingerprint density at radius 2 is 2.27 bits per heavy atom. The maximum Gasteiger partial charge on any atom is 0.419 e. The normalized spacial score (nSPS) is 11.1. The Hall–Kier alpha value is -1.07. The molecule has 0 radical (unpaired) electrons. The molecule has 0 unspecified atom stereocenters. The van der Waals surface area contributed by atoms with Crippen LogP contribution in [0.3, 0.4) is 0 Å². The molecule has 0 atom stereocenters. The van der Waals surface area contributed by atoms with Crippen molar-refractivity contribution in [2.75, 3.05) is 7.05 Å². The van der Waals surface area contributed by atoms with Crippen LogP contribution in [0.25, 0.3) is 11.1 Å². The zero-order chi connectivity index (χ0) is 11.0. The molecule has 0 amide bonds. The molecule has 0 bridgehead atoms. The molecule has 80 valence electrons. The van der Waals surface area contributed by atoms with E-state index < -0.39 is 0 Å². The molecule has 1 aromatic heterocycles. The minimum Gasteiger partial charge on any atom is -0.408 e. The van der Waals surface area contributed by atoms with E-state index in [0.29, 0.717) is 5.58 Å². The average Bonchev–Trinajstić information content (AvgIpc) is 2.43. The highest BCUT2D eigenvalue weighted by Crippen LogP contribution is 2.24. The van der Waals surface area contributed by atoms with E-state index in [4.69, 9.17) is 4.42 Å². The number of benzene rings is 1. The third-order valence-electron chi connectivity index (χ3n) is 2.28. The average molecular weight is 271 g/mol. The lowest BCUT2D eigenvalue weighted by Gasteiger charge is -2.02. The number of aromatic nitrogens is 1. The maximum absolute atomic E-state index is 11.3. The zero-order valence-corrected chi connectivity index (χ0v) is 10.1. The number of fused-ring (bicyclic) bond motifs is 1. The predicted octanol–water partition coefficient (Wildman–Crippen LogP) is 1.61. The number of hydrogen-bond donors (Lipinski definition) is 1. The van der Waals surface area contributed by atoms with E-state index in [1.54, 1.807) is 7.05 Å². The molecule has 0 saturated carbocycles. The van der Waals surface area contributed by atoms with E-state index in [1.165, 1.54) is 4.57 Å². The van der Waals surface area contributed by atoms with Gasteiger partial charge in [0.2, 0.25) is 0 Å². The number of oxazole rings is 1. The van der Waals surface area contributed by atoms with Crippen molar-refractivity contribution in [3.05, 3.63) is 32.7 Å². The zero-order valence-electron chi connectivity index (χ0n) is 8.50. The van der Waals surface area contributed by atoms with Gasteiger partial charge >= 0.3 is 5.76 Å². The molecule has 15 heavy (non-hydrogen) atoms. The van der Waals surface area contributed by atoms with Gasteiger partial charge in [0.25, 0.3) is 0 Å². The summed E-state index contributed by atoms with van der Waals surface area (Å²) in [5.74, 6) is -0.340. The maximum atomic E-state index is 11.3. The van der Waals surface area contributed by atoms with Crippen LogP contribution in [0.4, 0.5) is 0 Å². The fraction of sp³-hybridized carbons (Fsp3) is 0.300. The van der Waals surface area contributed by atoms with Gasteiger partial charge in [-0.2, -0.15) is 0 Å². The van der Waals surface area contributed by atoms with E-state index in [-0.39, 0.29) is 5.76 Å². The molecule has 5 heteroatoms. The highest BCUT2D eigenvalue weighted by atomic mass is 79.9. The Bertz CT molecular complexity index is 556. The van der Waals surface area contributed by atoms with Gasteiger partial charge in [0.15, 0.2) is 5.58 Å². The minimum atomic E-state index is -0.340. The molecule has 0 saturated heterocycles. The van der Waals surface area contributed by atoms with Crippen molar-refractivity contribution < 1.29 is 4.42 Å². The van der Waals surface area contributed by atoms with Gasteiger partial charge in [-0.3, -0.25) is 4.57 Å². The van der Waals surface area contributed by atoms with Crippen molar-refractivity contribution in [1.29, 1.82) is 0 Å². The van der Waals surface area contributed by atoms with Crippen molar-refractivity contribution in [2.24, 2.45) is 7.05 Å². The molecular weight excluding hydrogens is 260 g/mol. The number of halogens is 1. The molecule has 1 aromatic carbocycles. The van der Waals surface area contributed by atoms with Crippen molar-refractivity contribution in [3.63, 3.8) is 0 Å². The molecule has 0 spiro atoms. The number of rotatable bonds is 2. The summed E-state index contributed by atoms with van der Waals surface area (Å²) in [7, 11) is 3.57. The lowest BCUT2D eigenvalue weighted by molar-refractivity contribution is 0.527. The van der Waals surface area contributed by atoms with Crippen LogP contribution in [0.5, 0.6) is 0 Å². The molecule has 0 aliphatic rings. The molecule has 0 aliphatic heterocycles. The summed E-state index contributed by atoms with van der Waals surface area (Å²) in [4.78, 5) is 11.3. The summed E-state index contributed by atoms with van der Waals surface area (Å²) in [5.41, 5.74) is 2.48. The van der Waals surface area contributed by atoms with Gasteiger partial charge in [-0.25, -0.2) is 4.79 Å². The van der Waals surface area contributed by atoms with Crippen LogP contribution >= 0.6 is 15.9 Å². The summed E-state index contributed by atoms with van der Waals surface area (Å²) in [5, 5.41) is 3.05. The van der Waals surface area contributed by atoms with Crippen LogP contribution in [0.2, 0.25) is 0 Å². The highest BCUT2D eigenvalue weighted by molar-refractivity contribution is 9.10. The standard InChI is InChI=1S/C10H11BrN2O2/c1-12-5-6-3-7(11)9-8(4-6)15-10(14)13(9)2/h3-4,12H,5H2,1-2H3. The highest BCUT2D eigenvalue weighted by Gasteiger charge is 2.10. The molecule has 1 heterocycles. The summed E-state index contributed by atoms with van der Waals surface area (Å²) in [6.07, 6.45) is 0. The lowest BCUT2D eigenvalue weighted by Crippen LogP contribution is -2.08. The summed E-state index contributed by atoms with van der Waals surface area (Å²) in [6.45, 7) is 0.743. The summed E-state index contributed by atoms with van der Waals surface area (Å²) >= 11 is 3.43. The van der Waals surface area contributed by atoms with Gasteiger partial charge in [-0.05, 0) is 40.7 Å². The van der Waals surface area contributed by atoms with Crippen molar-refractivity contribution in [3.8, 4) is 0 Å². The smallest absolute Gasteiger partial charge is 0.408 e. The van der Waals surface area contributed by atoms with E-state index in [0.717, 1.165) is 22.1 Å². The second-order valence-corrected chi connectivity index (χ2v) is 4.24. The monoisotopic (exact) mass is 270 g/mol. The number of nitrogens with one attached hydrogen (secondary N) is 1. The largest absolute Gasteiger partial charge is 0.419 e. The van der Waals surface area contributed by atoms with Gasteiger partial charge in [0.05, 0.1) is 0 Å². The second-order valence-electron chi connectivity index (χ2n) is 3.38. The quantitative estimate of drug-likeness (QED) is 0.902.